The van der Waals surface area contributed by atoms with E-state index in [-0.39, 0.29) is 12.6 Å². The molecule has 1 aromatic carbocycles. The van der Waals surface area contributed by atoms with Crippen molar-refractivity contribution in [2.75, 3.05) is 24.3 Å². The van der Waals surface area contributed by atoms with E-state index in [9.17, 15) is 5.11 Å². The fourth-order valence-corrected chi connectivity index (χ4v) is 1.66. The molecule has 3 N–H and O–H groups in total. The first-order chi connectivity index (χ1) is 8.83. The van der Waals surface area contributed by atoms with Crippen molar-refractivity contribution in [3.8, 4) is 0 Å². The van der Waals surface area contributed by atoms with Gasteiger partial charge in [0.05, 0.1) is 12.6 Å². The molecule has 1 heterocycles. The number of aliphatic hydroxyl groups is 1. The molecular formula is C13H16N4O. The lowest BCUT2D eigenvalue weighted by Gasteiger charge is -2.17. The lowest BCUT2D eigenvalue weighted by atomic mass is 10.1. The molecule has 0 aliphatic rings. The summed E-state index contributed by atoms with van der Waals surface area (Å²) < 4.78 is 0. The number of rotatable bonds is 5. The van der Waals surface area contributed by atoms with E-state index in [4.69, 9.17) is 0 Å². The molecule has 18 heavy (non-hydrogen) atoms. The Morgan fingerprint density at radius 2 is 2.00 bits per heavy atom. The number of aromatic nitrogens is 2. The van der Waals surface area contributed by atoms with Crippen molar-refractivity contribution in [3.05, 3.63) is 48.2 Å². The Balaban J connectivity index is 2.15. The monoisotopic (exact) mass is 244 g/mol. The van der Waals surface area contributed by atoms with Crippen molar-refractivity contribution in [2.24, 2.45) is 0 Å². The second kappa shape index (κ2) is 5.97. The van der Waals surface area contributed by atoms with Gasteiger partial charge in [0.15, 0.2) is 0 Å². The minimum Gasteiger partial charge on any atom is -0.394 e. The van der Waals surface area contributed by atoms with Crippen molar-refractivity contribution in [3.63, 3.8) is 0 Å². The van der Waals surface area contributed by atoms with Gasteiger partial charge in [0.25, 0.3) is 0 Å². The Bertz CT molecular complexity index is 489. The Hall–Kier alpha value is -2.14. The molecule has 0 spiro atoms. The van der Waals surface area contributed by atoms with Gasteiger partial charge in [0.2, 0.25) is 5.95 Å². The zero-order valence-corrected chi connectivity index (χ0v) is 10.2. The van der Waals surface area contributed by atoms with Crippen molar-refractivity contribution in [2.45, 2.75) is 6.04 Å². The highest BCUT2D eigenvalue weighted by Crippen LogP contribution is 2.17. The van der Waals surface area contributed by atoms with Crippen molar-refractivity contribution < 1.29 is 5.11 Å². The summed E-state index contributed by atoms with van der Waals surface area (Å²) in [6, 6.07) is 11.4. The Morgan fingerprint density at radius 3 is 2.67 bits per heavy atom. The summed E-state index contributed by atoms with van der Waals surface area (Å²) >= 11 is 0. The van der Waals surface area contributed by atoms with Gasteiger partial charge in [0.1, 0.15) is 5.82 Å². The molecule has 0 bridgehead atoms. The lowest BCUT2D eigenvalue weighted by molar-refractivity contribution is 0.276. The first-order valence-electron chi connectivity index (χ1n) is 5.76. The average Bonchev–Trinajstić information content (AvgIpc) is 2.46. The first-order valence-corrected chi connectivity index (χ1v) is 5.76. The summed E-state index contributed by atoms with van der Waals surface area (Å²) in [5, 5.41) is 15.5. The second-order valence-corrected chi connectivity index (χ2v) is 3.81. The zero-order valence-electron chi connectivity index (χ0n) is 10.2. The van der Waals surface area contributed by atoms with E-state index in [0.717, 1.165) is 5.56 Å². The fourth-order valence-electron chi connectivity index (χ4n) is 1.66. The number of anilines is 2. The van der Waals surface area contributed by atoms with Crippen LogP contribution in [-0.2, 0) is 0 Å². The molecule has 0 radical (unpaired) electrons. The van der Waals surface area contributed by atoms with Crippen molar-refractivity contribution in [1.82, 2.24) is 9.97 Å². The summed E-state index contributed by atoms with van der Waals surface area (Å²) in [5.41, 5.74) is 1.02. The normalized spacial score (nSPS) is 11.9. The van der Waals surface area contributed by atoms with E-state index in [1.807, 2.05) is 30.3 Å². The van der Waals surface area contributed by atoms with Gasteiger partial charge < -0.3 is 15.7 Å². The molecule has 5 nitrogen and oxygen atoms in total. The molecule has 0 saturated carbocycles. The third-order valence-electron chi connectivity index (χ3n) is 2.59. The molecule has 2 aromatic rings. The van der Waals surface area contributed by atoms with Gasteiger partial charge in [-0.3, -0.25) is 0 Å². The van der Waals surface area contributed by atoms with Crippen LogP contribution in [0.25, 0.3) is 0 Å². The Labute approximate surface area is 106 Å². The zero-order chi connectivity index (χ0) is 12.8. The smallest absolute Gasteiger partial charge is 0.224 e. The number of benzene rings is 1. The summed E-state index contributed by atoms with van der Waals surface area (Å²) in [7, 11) is 1.76. The third-order valence-corrected chi connectivity index (χ3v) is 2.59. The number of nitrogens with one attached hydrogen (secondary N) is 2. The molecule has 0 saturated heterocycles. The van der Waals surface area contributed by atoms with Crippen molar-refractivity contribution in [1.29, 1.82) is 0 Å². The molecule has 2 rings (SSSR count). The SMILES string of the molecule is CNc1nccc(NC(CO)c2ccccc2)n1. The fraction of sp³-hybridized carbons (Fsp3) is 0.231. The summed E-state index contributed by atoms with van der Waals surface area (Å²) in [5.74, 6) is 1.22. The standard InChI is InChI=1S/C13H16N4O/c1-14-13-15-8-7-12(17-13)16-11(9-18)10-5-3-2-4-6-10/h2-8,11,18H,9H2,1H3,(H2,14,15,16,17). The highest BCUT2D eigenvalue weighted by molar-refractivity contribution is 5.42. The largest absolute Gasteiger partial charge is 0.394 e. The number of hydrogen-bond donors (Lipinski definition) is 3. The Morgan fingerprint density at radius 1 is 1.22 bits per heavy atom. The average molecular weight is 244 g/mol. The highest BCUT2D eigenvalue weighted by atomic mass is 16.3. The van der Waals surface area contributed by atoms with Gasteiger partial charge in [-0.25, -0.2) is 4.98 Å². The molecule has 0 aliphatic heterocycles. The molecule has 5 heteroatoms. The molecule has 1 unspecified atom stereocenters. The number of aliphatic hydroxyl groups excluding tert-OH is 1. The molecule has 0 fully saturated rings. The van der Waals surface area contributed by atoms with Gasteiger partial charge in [-0.05, 0) is 11.6 Å². The van der Waals surface area contributed by atoms with Crippen LogP contribution in [0.3, 0.4) is 0 Å². The van der Waals surface area contributed by atoms with E-state index in [1.54, 1.807) is 19.3 Å². The maximum absolute atomic E-state index is 9.45. The highest BCUT2D eigenvalue weighted by Gasteiger charge is 2.10. The van der Waals surface area contributed by atoms with Gasteiger partial charge in [0, 0.05) is 13.2 Å². The molecule has 94 valence electrons. The predicted octanol–water partition coefficient (Wildman–Crippen LogP) is 1.66. The van der Waals surface area contributed by atoms with E-state index >= 15 is 0 Å². The van der Waals surface area contributed by atoms with Crippen LogP contribution in [0.4, 0.5) is 11.8 Å². The number of hydrogen-bond acceptors (Lipinski definition) is 5. The summed E-state index contributed by atoms with van der Waals surface area (Å²) in [6.45, 7) is 0.00288. The summed E-state index contributed by atoms with van der Waals surface area (Å²) in [6.07, 6.45) is 1.67. The van der Waals surface area contributed by atoms with E-state index in [2.05, 4.69) is 20.6 Å². The van der Waals surface area contributed by atoms with Crippen LogP contribution in [0.2, 0.25) is 0 Å². The maximum Gasteiger partial charge on any atom is 0.224 e. The molecular weight excluding hydrogens is 228 g/mol. The summed E-state index contributed by atoms with van der Waals surface area (Å²) in [4.78, 5) is 8.30. The Kier molecular flexibility index (Phi) is 4.09. The molecule has 1 aromatic heterocycles. The van der Waals surface area contributed by atoms with Crippen LogP contribution in [0.1, 0.15) is 11.6 Å². The van der Waals surface area contributed by atoms with Crippen LogP contribution in [0.5, 0.6) is 0 Å². The van der Waals surface area contributed by atoms with Crippen LogP contribution < -0.4 is 10.6 Å². The quantitative estimate of drug-likeness (QED) is 0.746. The molecule has 0 amide bonds. The van der Waals surface area contributed by atoms with Crippen LogP contribution >= 0.6 is 0 Å². The minimum atomic E-state index is -0.175. The van der Waals surface area contributed by atoms with Crippen LogP contribution in [0, 0.1) is 0 Å². The topological polar surface area (TPSA) is 70.1 Å². The predicted molar refractivity (Wildman–Crippen MR) is 71.5 cm³/mol. The van der Waals surface area contributed by atoms with Gasteiger partial charge >= 0.3 is 0 Å². The lowest BCUT2D eigenvalue weighted by Crippen LogP contribution is -2.16. The van der Waals surface area contributed by atoms with Crippen molar-refractivity contribution >= 4 is 11.8 Å². The third kappa shape index (κ3) is 2.95. The van der Waals surface area contributed by atoms with E-state index in [0.29, 0.717) is 11.8 Å². The van der Waals surface area contributed by atoms with Gasteiger partial charge in [-0.2, -0.15) is 4.98 Å². The first kappa shape index (κ1) is 12.3. The van der Waals surface area contributed by atoms with E-state index < -0.39 is 0 Å². The number of nitrogens with zero attached hydrogens (tertiary/aromatic N) is 2. The minimum absolute atomic E-state index is 0.00288. The van der Waals surface area contributed by atoms with Crippen LogP contribution in [0.15, 0.2) is 42.6 Å². The van der Waals surface area contributed by atoms with E-state index in [1.165, 1.54) is 0 Å². The van der Waals surface area contributed by atoms with Gasteiger partial charge in [-0.15, -0.1) is 0 Å². The maximum atomic E-state index is 9.45. The van der Waals surface area contributed by atoms with Crippen LogP contribution in [-0.4, -0.2) is 28.7 Å². The second-order valence-electron chi connectivity index (χ2n) is 3.81. The molecule has 0 aliphatic carbocycles. The van der Waals surface area contributed by atoms with Gasteiger partial charge in [-0.1, -0.05) is 30.3 Å². The molecule has 1 atom stereocenters.